The van der Waals surface area contributed by atoms with E-state index in [1.165, 1.54) is 0 Å². The van der Waals surface area contributed by atoms with E-state index in [0.29, 0.717) is 0 Å². The lowest BCUT2D eigenvalue weighted by Crippen LogP contribution is -2.15. The molecule has 0 bridgehead atoms. The molecule has 0 aromatic carbocycles. The Balaban J connectivity index is 3.50. The Labute approximate surface area is 70.3 Å². The van der Waals surface area contributed by atoms with Crippen LogP contribution in [0, 0.1) is 12.0 Å². The maximum atomic E-state index is 5.10. The summed E-state index contributed by atoms with van der Waals surface area (Å²) in [4.78, 5) is 0. The lowest BCUT2D eigenvalue weighted by Gasteiger charge is -2.14. The summed E-state index contributed by atoms with van der Waals surface area (Å²) in [5.74, 6) is 2.82. The minimum Gasteiger partial charge on any atom is -0.441 e. The van der Waals surface area contributed by atoms with Crippen LogP contribution in [0.25, 0.3) is 0 Å². The SMILES string of the molecule is CC(C)(C)OC#CCI. The fraction of sp³-hybridized carbons (Fsp3) is 0.714. The molecular weight excluding hydrogens is 227 g/mol. The molecule has 0 saturated carbocycles. The molecule has 0 heterocycles. The van der Waals surface area contributed by atoms with Crippen molar-refractivity contribution in [2.75, 3.05) is 4.43 Å². The highest BCUT2D eigenvalue weighted by Crippen LogP contribution is 2.04. The topological polar surface area (TPSA) is 9.23 Å². The maximum absolute atomic E-state index is 5.10. The van der Waals surface area contributed by atoms with Crippen molar-refractivity contribution in [3.8, 4) is 12.0 Å². The van der Waals surface area contributed by atoms with E-state index in [0.717, 1.165) is 4.43 Å². The molecule has 0 rings (SSSR count). The van der Waals surface area contributed by atoms with E-state index < -0.39 is 0 Å². The minimum atomic E-state index is -0.126. The van der Waals surface area contributed by atoms with Crippen LogP contribution in [0.3, 0.4) is 0 Å². The van der Waals surface area contributed by atoms with E-state index in [9.17, 15) is 0 Å². The van der Waals surface area contributed by atoms with Crippen LogP contribution < -0.4 is 0 Å². The first-order valence-corrected chi connectivity index (χ1v) is 4.30. The van der Waals surface area contributed by atoms with Crippen LogP contribution in [0.15, 0.2) is 0 Å². The molecule has 0 saturated heterocycles. The van der Waals surface area contributed by atoms with E-state index in [-0.39, 0.29) is 5.60 Å². The fourth-order valence-electron chi connectivity index (χ4n) is 0.216. The summed E-state index contributed by atoms with van der Waals surface area (Å²) in [7, 11) is 0. The van der Waals surface area contributed by atoms with Gasteiger partial charge in [0.25, 0.3) is 0 Å². The predicted molar refractivity (Wildman–Crippen MR) is 47.5 cm³/mol. The van der Waals surface area contributed by atoms with E-state index in [1.807, 2.05) is 20.8 Å². The third-order valence-electron chi connectivity index (χ3n) is 0.496. The summed E-state index contributed by atoms with van der Waals surface area (Å²) in [5.41, 5.74) is -0.126. The molecule has 0 N–H and O–H groups in total. The molecule has 0 aliphatic carbocycles. The average Bonchev–Trinajstić information content (AvgIpc) is 1.63. The highest BCUT2D eigenvalue weighted by Gasteiger charge is 2.07. The Bertz CT molecular complexity index is 124. The minimum absolute atomic E-state index is 0.126. The van der Waals surface area contributed by atoms with E-state index in [1.54, 1.807) is 0 Å². The van der Waals surface area contributed by atoms with Gasteiger partial charge in [-0.15, -0.1) is 0 Å². The van der Waals surface area contributed by atoms with Crippen molar-refractivity contribution < 1.29 is 4.74 Å². The third kappa shape index (κ3) is 8.09. The molecule has 0 aliphatic rings. The first-order valence-electron chi connectivity index (χ1n) is 2.78. The van der Waals surface area contributed by atoms with Gasteiger partial charge in [-0.3, -0.25) is 0 Å². The molecule has 0 aromatic rings. The van der Waals surface area contributed by atoms with Crippen molar-refractivity contribution >= 4 is 22.6 Å². The number of hydrogen-bond acceptors (Lipinski definition) is 1. The molecule has 0 spiro atoms. The van der Waals surface area contributed by atoms with Crippen molar-refractivity contribution in [3.63, 3.8) is 0 Å². The van der Waals surface area contributed by atoms with Gasteiger partial charge in [0, 0.05) is 0 Å². The smallest absolute Gasteiger partial charge is 0.112 e. The Kier molecular flexibility index (Phi) is 4.03. The largest absolute Gasteiger partial charge is 0.441 e. The zero-order valence-electron chi connectivity index (χ0n) is 5.99. The standard InChI is InChI=1S/C7H11IO/c1-7(2,3)9-6-4-5-8/h5H2,1-3H3. The average molecular weight is 238 g/mol. The van der Waals surface area contributed by atoms with Crippen LogP contribution in [-0.2, 0) is 4.74 Å². The molecule has 0 aromatic heterocycles. The van der Waals surface area contributed by atoms with Gasteiger partial charge in [0.2, 0.25) is 0 Å². The quantitative estimate of drug-likeness (QED) is 0.357. The summed E-state index contributed by atoms with van der Waals surface area (Å²) < 4.78 is 5.93. The van der Waals surface area contributed by atoms with Crippen molar-refractivity contribution in [1.29, 1.82) is 0 Å². The molecule has 0 amide bonds. The first-order chi connectivity index (χ1) is 4.06. The molecule has 1 nitrogen and oxygen atoms in total. The maximum Gasteiger partial charge on any atom is 0.112 e. The van der Waals surface area contributed by atoms with Gasteiger partial charge >= 0.3 is 0 Å². The van der Waals surface area contributed by atoms with Gasteiger partial charge in [-0.25, -0.2) is 0 Å². The van der Waals surface area contributed by atoms with Gasteiger partial charge in [-0.1, -0.05) is 22.6 Å². The fourth-order valence-corrected chi connectivity index (χ4v) is 0.372. The molecule has 52 valence electrons. The summed E-state index contributed by atoms with van der Waals surface area (Å²) in [6.45, 7) is 5.94. The van der Waals surface area contributed by atoms with Gasteiger partial charge in [0.15, 0.2) is 0 Å². The lowest BCUT2D eigenvalue weighted by molar-refractivity contribution is 0.0963. The molecule has 9 heavy (non-hydrogen) atoms. The third-order valence-corrected chi connectivity index (χ3v) is 0.878. The summed E-state index contributed by atoms with van der Waals surface area (Å²) >= 11 is 2.19. The van der Waals surface area contributed by atoms with Crippen molar-refractivity contribution in [2.24, 2.45) is 0 Å². The summed E-state index contributed by atoms with van der Waals surface area (Å²) in [6.07, 6.45) is 2.62. The number of ether oxygens (including phenoxy) is 1. The lowest BCUT2D eigenvalue weighted by atomic mass is 10.2. The molecule has 0 atom stereocenters. The van der Waals surface area contributed by atoms with Crippen LogP contribution in [0.2, 0.25) is 0 Å². The molecule has 0 unspecified atom stereocenters. The van der Waals surface area contributed by atoms with Gasteiger partial charge in [0.1, 0.15) is 11.7 Å². The number of halogens is 1. The zero-order valence-corrected chi connectivity index (χ0v) is 8.15. The summed E-state index contributed by atoms with van der Waals surface area (Å²) in [6, 6.07) is 0. The second-order valence-electron chi connectivity index (χ2n) is 2.63. The number of rotatable bonds is 0. The summed E-state index contributed by atoms with van der Waals surface area (Å²) in [5, 5.41) is 0. The van der Waals surface area contributed by atoms with Crippen LogP contribution >= 0.6 is 22.6 Å². The Morgan fingerprint density at radius 3 is 2.33 bits per heavy atom. The van der Waals surface area contributed by atoms with Crippen molar-refractivity contribution in [3.05, 3.63) is 0 Å². The molecule has 2 heteroatoms. The molecule has 0 aliphatic heterocycles. The van der Waals surface area contributed by atoms with Crippen LogP contribution in [0.1, 0.15) is 20.8 Å². The number of hydrogen-bond donors (Lipinski definition) is 0. The second kappa shape index (κ2) is 3.99. The van der Waals surface area contributed by atoms with Crippen LogP contribution in [0.5, 0.6) is 0 Å². The zero-order chi connectivity index (χ0) is 7.33. The van der Waals surface area contributed by atoms with Gasteiger partial charge in [-0.05, 0) is 26.7 Å². The normalized spacial score (nSPS) is 9.78. The monoisotopic (exact) mass is 238 g/mol. The molecular formula is C7H11IO. The van der Waals surface area contributed by atoms with Crippen LogP contribution in [-0.4, -0.2) is 10.0 Å². The Morgan fingerprint density at radius 2 is 2.00 bits per heavy atom. The van der Waals surface area contributed by atoms with E-state index in [2.05, 4.69) is 34.6 Å². The van der Waals surface area contributed by atoms with Gasteiger partial charge in [-0.2, -0.15) is 0 Å². The van der Waals surface area contributed by atoms with Gasteiger partial charge in [0.05, 0.1) is 4.43 Å². The molecule has 0 fully saturated rings. The number of alkyl halides is 1. The van der Waals surface area contributed by atoms with E-state index >= 15 is 0 Å². The Hall–Kier alpha value is 0.0900. The Morgan fingerprint density at radius 1 is 1.44 bits per heavy atom. The second-order valence-corrected chi connectivity index (χ2v) is 3.39. The van der Waals surface area contributed by atoms with Gasteiger partial charge < -0.3 is 4.74 Å². The van der Waals surface area contributed by atoms with Crippen molar-refractivity contribution in [2.45, 2.75) is 26.4 Å². The highest BCUT2D eigenvalue weighted by atomic mass is 127. The van der Waals surface area contributed by atoms with Crippen molar-refractivity contribution in [1.82, 2.24) is 0 Å². The predicted octanol–water partition coefficient (Wildman–Crippen LogP) is 2.20. The van der Waals surface area contributed by atoms with E-state index in [4.69, 9.17) is 4.74 Å². The first kappa shape index (κ1) is 9.09. The van der Waals surface area contributed by atoms with Crippen LogP contribution in [0.4, 0.5) is 0 Å². The highest BCUT2D eigenvalue weighted by molar-refractivity contribution is 14.1. The molecule has 0 radical (unpaired) electrons.